The maximum absolute atomic E-state index is 13.0. The number of fused-ring (bicyclic) bond motifs is 1. The van der Waals surface area contributed by atoms with E-state index in [9.17, 15) is 4.79 Å². The molecular formula is C19H24N6O2. The zero-order valence-corrected chi connectivity index (χ0v) is 15.9. The summed E-state index contributed by atoms with van der Waals surface area (Å²) >= 11 is 0. The third kappa shape index (κ3) is 3.20. The van der Waals surface area contributed by atoms with Gasteiger partial charge in [0.1, 0.15) is 5.54 Å². The number of rotatable bonds is 4. The Morgan fingerprint density at radius 2 is 2.04 bits per heavy atom. The molecule has 8 nitrogen and oxygen atoms in total. The first-order chi connectivity index (χ1) is 13.0. The highest BCUT2D eigenvalue weighted by Gasteiger charge is 2.39. The first-order valence-corrected chi connectivity index (χ1v) is 9.45. The van der Waals surface area contributed by atoms with E-state index < -0.39 is 5.54 Å². The number of carbonyl (C=O) groups is 1. The number of carbonyl (C=O) groups excluding carboxylic acids is 1. The largest absolute Gasteiger partial charge is 0.340 e. The fourth-order valence-corrected chi connectivity index (χ4v) is 3.79. The van der Waals surface area contributed by atoms with E-state index in [1.54, 1.807) is 19.3 Å². The van der Waals surface area contributed by atoms with Gasteiger partial charge >= 0.3 is 0 Å². The Kier molecular flexibility index (Phi) is 4.41. The Morgan fingerprint density at radius 1 is 1.26 bits per heavy atom. The van der Waals surface area contributed by atoms with Gasteiger partial charge in [-0.25, -0.2) is 9.67 Å². The van der Waals surface area contributed by atoms with Gasteiger partial charge < -0.3 is 9.84 Å². The lowest BCUT2D eigenvalue weighted by Crippen LogP contribution is -2.48. The van der Waals surface area contributed by atoms with Gasteiger partial charge in [-0.05, 0) is 32.8 Å². The molecule has 0 spiro atoms. The molecule has 0 atom stereocenters. The molecule has 0 unspecified atom stereocenters. The highest BCUT2D eigenvalue weighted by Crippen LogP contribution is 2.36. The molecule has 0 saturated heterocycles. The minimum Gasteiger partial charge on any atom is -0.340 e. The molecule has 3 heterocycles. The second kappa shape index (κ2) is 6.75. The van der Waals surface area contributed by atoms with Crippen LogP contribution in [0.3, 0.4) is 0 Å². The highest BCUT2D eigenvalue weighted by atomic mass is 16.5. The Hall–Kier alpha value is -2.77. The first-order valence-electron chi connectivity index (χ1n) is 9.45. The zero-order chi connectivity index (χ0) is 19.0. The van der Waals surface area contributed by atoms with Gasteiger partial charge in [-0.3, -0.25) is 4.79 Å². The third-order valence-electron chi connectivity index (χ3n) is 5.20. The summed E-state index contributed by atoms with van der Waals surface area (Å²) in [6.07, 6.45) is 8.15. The fourth-order valence-electron chi connectivity index (χ4n) is 3.79. The highest BCUT2D eigenvalue weighted by molar-refractivity contribution is 5.97. The van der Waals surface area contributed by atoms with Crippen LogP contribution in [0.15, 0.2) is 23.0 Å². The van der Waals surface area contributed by atoms with Gasteiger partial charge in [-0.2, -0.15) is 10.1 Å². The van der Waals surface area contributed by atoms with Crippen LogP contribution in [-0.4, -0.2) is 30.8 Å². The van der Waals surface area contributed by atoms with Crippen molar-refractivity contribution in [2.45, 2.75) is 64.5 Å². The number of hydrogen-bond donors (Lipinski definition) is 1. The molecule has 142 valence electrons. The Bertz CT molecular complexity index is 968. The Labute approximate surface area is 157 Å². The van der Waals surface area contributed by atoms with E-state index >= 15 is 0 Å². The van der Waals surface area contributed by atoms with Crippen molar-refractivity contribution >= 4 is 16.9 Å². The number of pyridine rings is 1. The summed E-state index contributed by atoms with van der Waals surface area (Å²) in [7, 11) is 0. The molecule has 4 rings (SSSR count). The number of aromatic nitrogens is 5. The van der Waals surface area contributed by atoms with E-state index in [4.69, 9.17) is 4.52 Å². The average Bonchev–Trinajstić information content (AvgIpc) is 3.28. The van der Waals surface area contributed by atoms with Crippen molar-refractivity contribution in [3.63, 3.8) is 0 Å². The van der Waals surface area contributed by atoms with Crippen LogP contribution in [0.1, 0.15) is 74.1 Å². The molecule has 27 heavy (non-hydrogen) atoms. The minimum absolute atomic E-state index is 0.175. The van der Waals surface area contributed by atoms with Gasteiger partial charge in [-0.15, -0.1) is 0 Å². The van der Waals surface area contributed by atoms with Crippen LogP contribution in [-0.2, 0) is 5.54 Å². The number of hydrogen-bond acceptors (Lipinski definition) is 6. The number of nitrogens with one attached hydrogen (secondary N) is 1. The van der Waals surface area contributed by atoms with Gasteiger partial charge in [0.05, 0.1) is 11.8 Å². The molecule has 1 aliphatic rings. The lowest BCUT2D eigenvalue weighted by molar-refractivity contribution is 0.0855. The predicted octanol–water partition coefficient (Wildman–Crippen LogP) is 3.29. The number of nitrogens with zero attached hydrogens (tertiary/aromatic N) is 5. The van der Waals surface area contributed by atoms with Crippen molar-refractivity contribution in [1.29, 1.82) is 0 Å². The standard InChI is InChI=1S/C19H24N6O2/c1-12(2)25-16-14(11-21-25)9-15(10-20-16)17(26)23-19(7-5-4-6-8-19)18-22-13(3)27-24-18/h9-12H,4-8H2,1-3H3,(H,23,26). The van der Waals surface area contributed by atoms with Gasteiger partial charge in [-0.1, -0.05) is 24.4 Å². The van der Waals surface area contributed by atoms with E-state index in [0.717, 1.165) is 43.1 Å². The Balaban J connectivity index is 1.64. The SMILES string of the molecule is Cc1nc(C2(NC(=O)c3cnc4c(cnn4C(C)C)c3)CCCCC2)no1. The van der Waals surface area contributed by atoms with Crippen LogP contribution in [0.2, 0.25) is 0 Å². The second-order valence-electron chi connectivity index (χ2n) is 7.55. The summed E-state index contributed by atoms with van der Waals surface area (Å²) < 4.78 is 7.03. The van der Waals surface area contributed by atoms with Crippen molar-refractivity contribution < 1.29 is 9.32 Å². The maximum Gasteiger partial charge on any atom is 0.253 e. The molecule has 1 fully saturated rings. The van der Waals surface area contributed by atoms with Crippen LogP contribution in [0.5, 0.6) is 0 Å². The molecule has 3 aromatic heterocycles. The van der Waals surface area contributed by atoms with Crippen LogP contribution in [0.4, 0.5) is 0 Å². The topological polar surface area (TPSA) is 98.7 Å². The normalized spacial score (nSPS) is 16.7. The fraction of sp³-hybridized carbons (Fsp3) is 0.526. The maximum atomic E-state index is 13.0. The molecule has 1 saturated carbocycles. The van der Waals surface area contributed by atoms with Gasteiger partial charge in [0.25, 0.3) is 5.91 Å². The van der Waals surface area contributed by atoms with Crippen molar-refractivity contribution in [3.8, 4) is 0 Å². The molecule has 0 radical (unpaired) electrons. The smallest absolute Gasteiger partial charge is 0.253 e. The van der Waals surface area contributed by atoms with Crippen molar-refractivity contribution in [1.82, 2.24) is 30.2 Å². The lowest BCUT2D eigenvalue weighted by atomic mass is 9.80. The quantitative estimate of drug-likeness (QED) is 0.759. The van der Waals surface area contributed by atoms with E-state index in [1.165, 1.54) is 0 Å². The van der Waals surface area contributed by atoms with Gasteiger partial charge in [0.2, 0.25) is 5.89 Å². The van der Waals surface area contributed by atoms with Crippen LogP contribution >= 0.6 is 0 Å². The summed E-state index contributed by atoms with van der Waals surface area (Å²) in [6, 6.07) is 2.04. The van der Waals surface area contributed by atoms with Crippen LogP contribution in [0, 0.1) is 6.92 Å². The Morgan fingerprint density at radius 3 is 2.70 bits per heavy atom. The summed E-state index contributed by atoms with van der Waals surface area (Å²) in [5.74, 6) is 0.897. The zero-order valence-electron chi connectivity index (χ0n) is 15.9. The monoisotopic (exact) mass is 368 g/mol. The molecule has 0 bridgehead atoms. The van der Waals surface area contributed by atoms with E-state index in [1.807, 2.05) is 10.7 Å². The number of amides is 1. The van der Waals surface area contributed by atoms with Gasteiger partial charge in [0, 0.05) is 24.5 Å². The summed E-state index contributed by atoms with van der Waals surface area (Å²) in [5.41, 5.74) is 0.711. The first kappa shape index (κ1) is 17.6. The second-order valence-corrected chi connectivity index (χ2v) is 7.55. The van der Waals surface area contributed by atoms with Crippen molar-refractivity contribution in [2.75, 3.05) is 0 Å². The third-order valence-corrected chi connectivity index (χ3v) is 5.20. The predicted molar refractivity (Wildman–Crippen MR) is 99.2 cm³/mol. The minimum atomic E-state index is -0.579. The molecule has 0 aromatic carbocycles. The van der Waals surface area contributed by atoms with E-state index in [0.29, 0.717) is 17.3 Å². The summed E-state index contributed by atoms with van der Waals surface area (Å²) in [4.78, 5) is 21.9. The van der Waals surface area contributed by atoms with Crippen molar-refractivity contribution in [3.05, 3.63) is 35.7 Å². The summed E-state index contributed by atoms with van der Waals surface area (Å²) in [6.45, 7) is 5.86. The molecule has 8 heteroatoms. The molecule has 3 aromatic rings. The van der Waals surface area contributed by atoms with Crippen molar-refractivity contribution in [2.24, 2.45) is 0 Å². The number of aryl methyl sites for hydroxylation is 1. The average molecular weight is 368 g/mol. The molecule has 0 aliphatic heterocycles. The molecular weight excluding hydrogens is 344 g/mol. The van der Waals surface area contributed by atoms with Gasteiger partial charge in [0.15, 0.2) is 11.5 Å². The molecule has 1 N–H and O–H groups in total. The molecule has 1 amide bonds. The lowest BCUT2D eigenvalue weighted by Gasteiger charge is -2.35. The van der Waals surface area contributed by atoms with Crippen LogP contribution < -0.4 is 5.32 Å². The van der Waals surface area contributed by atoms with E-state index in [-0.39, 0.29) is 11.9 Å². The molecule has 1 aliphatic carbocycles. The summed E-state index contributed by atoms with van der Waals surface area (Å²) in [5, 5.41) is 12.5. The van der Waals surface area contributed by atoms with Crippen LogP contribution in [0.25, 0.3) is 11.0 Å². The van der Waals surface area contributed by atoms with E-state index in [2.05, 4.69) is 39.4 Å².